The summed E-state index contributed by atoms with van der Waals surface area (Å²) in [7, 11) is 2.26. The van der Waals surface area contributed by atoms with Gasteiger partial charge >= 0.3 is 0 Å². The molecule has 0 amide bonds. The third kappa shape index (κ3) is 3.42. The molecule has 2 nitrogen and oxygen atoms in total. The number of rotatable bonds is 4. The average molecular weight is 274 g/mol. The molecule has 0 saturated heterocycles. The minimum absolute atomic E-state index is 0.353. The van der Waals surface area contributed by atoms with E-state index in [2.05, 4.69) is 50.9 Å². The van der Waals surface area contributed by atoms with Crippen molar-refractivity contribution in [2.75, 3.05) is 13.6 Å². The van der Waals surface area contributed by atoms with Gasteiger partial charge in [-0.15, -0.1) is 0 Å². The second-order valence-electron chi connectivity index (χ2n) is 6.70. The van der Waals surface area contributed by atoms with E-state index in [0.717, 1.165) is 5.92 Å². The van der Waals surface area contributed by atoms with E-state index in [4.69, 9.17) is 5.73 Å². The van der Waals surface area contributed by atoms with Gasteiger partial charge in [-0.3, -0.25) is 4.90 Å². The lowest BCUT2D eigenvalue weighted by Gasteiger charge is -2.39. The Balaban J connectivity index is 2.18. The minimum atomic E-state index is 0.353. The third-order valence-corrected chi connectivity index (χ3v) is 4.98. The molecule has 1 aliphatic rings. The van der Waals surface area contributed by atoms with Crippen LogP contribution >= 0.6 is 0 Å². The van der Waals surface area contributed by atoms with Crippen LogP contribution in [0.25, 0.3) is 0 Å². The van der Waals surface area contributed by atoms with Crippen LogP contribution in [0.15, 0.2) is 18.2 Å². The lowest BCUT2D eigenvalue weighted by molar-refractivity contribution is 0.121. The van der Waals surface area contributed by atoms with Crippen LogP contribution in [-0.2, 0) is 0 Å². The zero-order valence-electron chi connectivity index (χ0n) is 13.5. The molecule has 20 heavy (non-hydrogen) atoms. The van der Waals surface area contributed by atoms with Crippen molar-refractivity contribution in [2.45, 2.75) is 58.5 Å². The molecule has 2 heteroatoms. The van der Waals surface area contributed by atoms with Crippen molar-refractivity contribution in [3.63, 3.8) is 0 Å². The van der Waals surface area contributed by atoms with Crippen LogP contribution in [-0.4, -0.2) is 24.5 Å². The number of aryl methyl sites for hydroxylation is 2. The van der Waals surface area contributed by atoms with Crippen LogP contribution in [0.5, 0.6) is 0 Å². The molecule has 3 unspecified atom stereocenters. The van der Waals surface area contributed by atoms with Crippen molar-refractivity contribution >= 4 is 0 Å². The Hall–Kier alpha value is -0.860. The van der Waals surface area contributed by atoms with Gasteiger partial charge in [0.15, 0.2) is 0 Å². The number of nitrogens with two attached hydrogens (primary N) is 1. The maximum absolute atomic E-state index is 6.11. The van der Waals surface area contributed by atoms with Crippen LogP contribution < -0.4 is 5.73 Å². The maximum atomic E-state index is 6.11. The first-order valence-electron chi connectivity index (χ1n) is 8.02. The Kier molecular flexibility index (Phi) is 5.22. The summed E-state index contributed by atoms with van der Waals surface area (Å²) in [6, 6.07) is 7.79. The second-order valence-corrected chi connectivity index (χ2v) is 6.70. The molecular weight excluding hydrogens is 244 g/mol. The average Bonchev–Trinajstić information content (AvgIpc) is 2.41. The van der Waals surface area contributed by atoms with Crippen LogP contribution in [0, 0.1) is 19.8 Å². The van der Waals surface area contributed by atoms with E-state index >= 15 is 0 Å². The molecule has 0 radical (unpaired) electrons. The molecule has 1 aliphatic carbocycles. The van der Waals surface area contributed by atoms with E-state index in [1.165, 1.54) is 42.4 Å². The van der Waals surface area contributed by atoms with E-state index in [-0.39, 0.29) is 0 Å². The Labute approximate surface area is 124 Å². The van der Waals surface area contributed by atoms with Crippen molar-refractivity contribution in [3.05, 3.63) is 34.9 Å². The molecule has 112 valence electrons. The first kappa shape index (κ1) is 15.5. The Morgan fingerprint density at radius 2 is 2.05 bits per heavy atom. The van der Waals surface area contributed by atoms with Gasteiger partial charge in [0.25, 0.3) is 0 Å². The van der Waals surface area contributed by atoms with E-state index in [1.807, 2.05) is 0 Å². The fourth-order valence-electron chi connectivity index (χ4n) is 3.74. The maximum Gasteiger partial charge on any atom is 0.0472 e. The van der Waals surface area contributed by atoms with E-state index in [9.17, 15) is 0 Å². The monoisotopic (exact) mass is 274 g/mol. The summed E-state index contributed by atoms with van der Waals surface area (Å²) >= 11 is 0. The van der Waals surface area contributed by atoms with Gasteiger partial charge in [0.2, 0.25) is 0 Å². The molecule has 0 aliphatic heterocycles. The number of benzene rings is 1. The minimum Gasteiger partial charge on any atom is -0.329 e. The number of likely N-dealkylation sites (N-methyl/N-ethyl adjacent to an activating group) is 1. The van der Waals surface area contributed by atoms with E-state index in [1.54, 1.807) is 0 Å². The predicted molar refractivity (Wildman–Crippen MR) is 86.9 cm³/mol. The van der Waals surface area contributed by atoms with Gasteiger partial charge in [-0.05, 0) is 50.8 Å². The van der Waals surface area contributed by atoms with Gasteiger partial charge in [0.1, 0.15) is 0 Å². The van der Waals surface area contributed by atoms with Gasteiger partial charge in [-0.1, -0.05) is 43.5 Å². The lowest BCUT2D eigenvalue weighted by Crippen LogP contribution is -2.41. The van der Waals surface area contributed by atoms with Gasteiger partial charge in [0, 0.05) is 18.6 Å². The normalized spacial score (nSPS) is 24.9. The Bertz CT molecular complexity index is 441. The summed E-state index contributed by atoms with van der Waals surface area (Å²) in [6.45, 7) is 7.45. The van der Waals surface area contributed by atoms with Crippen molar-refractivity contribution in [1.82, 2.24) is 4.90 Å². The lowest BCUT2D eigenvalue weighted by atomic mass is 9.85. The van der Waals surface area contributed by atoms with Gasteiger partial charge in [-0.2, -0.15) is 0 Å². The largest absolute Gasteiger partial charge is 0.329 e. The van der Waals surface area contributed by atoms with Crippen LogP contribution in [0.1, 0.15) is 55.3 Å². The Morgan fingerprint density at radius 1 is 1.30 bits per heavy atom. The standard InChI is InChI=1S/C18H30N2/c1-13-6-5-7-16(11-13)20(4)18(12-19)17-9-8-14(2)10-15(17)3/h8-10,13,16,18H,5-7,11-12,19H2,1-4H3. The molecule has 1 saturated carbocycles. The molecule has 1 fully saturated rings. The molecule has 3 atom stereocenters. The van der Waals surface area contributed by atoms with Gasteiger partial charge in [0.05, 0.1) is 0 Å². The molecule has 0 aromatic heterocycles. The molecule has 2 rings (SSSR count). The highest BCUT2D eigenvalue weighted by Crippen LogP contribution is 2.32. The number of nitrogens with zero attached hydrogens (tertiary/aromatic N) is 1. The molecule has 1 aromatic rings. The quantitative estimate of drug-likeness (QED) is 0.904. The Morgan fingerprint density at radius 3 is 2.65 bits per heavy atom. The topological polar surface area (TPSA) is 29.3 Å². The molecule has 2 N–H and O–H groups in total. The zero-order chi connectivity index (χ0) is 14.7. The van der Waals surface area contributed by atoms with Crippen LogP contribution in [0.2, 0.25) is 0 Å². The fourth-order valence-corrected chi connectivity index (χ4v) is 3.74. The molecule has 1 aromatic carbocycles. The van der Waals surface area contributed by atoms with Gasteiger partial charge < -0.3 is 5.73 Å². The number of hydrogen-bond donors (Lipinski definition) is 1. The first-order chi connectivity index (χ1) is 9.52. The smallest absolute Gasteiger partial charge is 0.0472 e. The molecular formula is C18H30N2. The molecule has 0 spiro atoms. The van der Waals surface area contributed by atoms with Crippen molar-refractivity contribution in [3.8, 4) is 0 Å². The van der Waals surface area contributed by atoms with Crippen molar-refractivity contribution < 1.29 is 0 Å². The second kappa shape index (κ2) is 6.73. The third-order valence-electron chi connectivity index (χ3n) is 4.98. The summed E-state index contributed by atoms with van der Waals surface area (Å²) in [5.41, 5.74) is 10.2. The highest BCUT2D eigenvalue weighted by molar-refractivity contribution is 5.33. The summed E-state index contributed by atoms with van der Waals surface area (Å²) in [6.07, 6.45) is 5.39. The van der Waals surface area contributed by atoms with Crippen LogP contribution in [0.3, 0.4) is 0 Å². The molecule has 0 heterocycles. The van der Waals surface area contributed by atoms with Gasteiger partial charge in [-0.25, -0.2) is 0 Å². The predicted octanol–water partition coefficient (Wildman–Crippen LogP) is 3.81. The zero-order valence-corrected chi connectivity index (χ0v) is 13.5. The van der Waals surface area contributed by atoms with E-state index in [0.29, 0.717) is 18.6 Å². The van der Waals surface area contributed by atoms with Crippen molar-refractivity contribution in [2.24, 2.45) is 11.7 Å². The number of hydrogen-bond acceptors (Lipinski definition) is 2. The molecule has 0 bridgehead atoms. The fraction of sp³-hybridized carbons (Fsp3) is 0.667. The summed E-state index contributed by atoms with van der Waals surface area (Å²) < 4.78 is 0. The summed E-state index contributed by atoms with van der Waals surface area (Å²) in [4.78, 5) is 2.54. The van der Waals surface area contributed by atoms with E-state index < -0.39 is 0 Å². The summed E-state index contributed by atoms with van der Waals surface area (Å²) in [5.74, 6) is 0.855. The highest BCUT2D eigenvalue weighted by atomic mass is 15.2. The van der Waals surface area contributed by atoms with Crippen molar-refractivity contribution in [1.29, 1.82) is 0 Å². The first-order valence-corrected chi connectivity index (χ1v) is 8.02. The van der Waals surface area contributed by atoms with Crippen LogP contribution in [0.4, 0.5) is 0 Å². The SMILES string of the molecule is Cc1ccc(C(CN)N(C)C2CCCC(C)C2)c(C)c1. The highest BCUT2D eigenvalue weighted by Gasteiger charge is 2.27. The summed E-state index contributed by atoms with van der Waals surface area (Å²) in [5, 5.41) is 0.